The second-order valence-electron chi connectivity index (χ2n) is 8.57. The molecule has 0 fully saturated rings. The maximum absolute atomic E-state index is 13.5. The predicted octanol–water partition coefficient (Wildman–Crippen LogP) is 4.70. The molecule has 1 N–H and O–H groups in total. The third kappa shape index (κ3) is 4.74. The number of ether oxygens (including phenoxy) is 1. The Bertz CT molecular complexity index is 1410. The topological polar surface area (TPSA) is 36.4 Å². The van der Waals surface area contributed by atoms with Crippen LogP contribution in [0.1, 0.15) is 16.7 Å². The number of nitrogens with one attached hydrogen (secondary N) is 1. The summed E-state index contributed by atoms with van der Waals surface area (Å²) in [4.78, 5) is 1.29. The number of benzene rings is 3. The van der Waals surface area contributed by atoms with E-state index in [9.17, 15) is 13.2 Å². The summed E-state index contributed by atoms with van der Waals surface area (Å²) in [5.41, 5.74) is 2.97. The van der Waals surface area contributed by atoms with Crippen LogP contribution in [0.3, 0.4) is 0 Å². The van der Waals surface area contributed by atoms with E-state index in [1.54, 1.807) is 34.6 Å². The first-order chi connectivity index (χ1) is 16.8. The van der Waals surface area contributed by atoms with Gasteiger partial charge in [-0.05, 0) is 60.2 Å². The molecule has 1 atom stereocenters. The Morgan fingerprint density at radius 3 is 2.46 bits per heavy atom. The molecule has 0 saturated heterocycles. The van der Waals surface area contributed by atoms with Crippen LogP contribution < -0.4 is 9.64 Å². The van der Waals surface area contributed by atoms with Gasteiger partial charge in [0.1, 0.15) is 12.3 Å². The van der Waals surface area contributed by atoms with Crippen LogP contribution >= 0.6 is 12.2 Å². The highest BCUT2D eigenvalue weighted by molar-refractivity contribution is 7.71. The van der Waals surface area contributed by atoms with Crippen molar-refractivity contribution in [2.24, 2.45) is 0 Å². The number of aromatic nitrogens is 3. The lowest BCUT2D eigenvalue weighted by Gasteiger charge is -2.25. The fourth-order valence-corrected chi connectivity index (χ4v) is 4.78. The van der Waals surface area contributed by atoms with E-state index >= 15 is 0 Å². The molecule has 0 amide bonds. The van der Waals surface area contributed by atoms with E-state index in [0.717, 1.165) is 37.2 Å². The minimum absolute atomic E-state index is 0.320. The van der Waals surface area contributed by atoms with Crippen molar-refractivity contribution >= 4 is 12.2 Å². The van der Waals surface area contributed by atoms with Crippen molar-refractivity contribution in [3.8, 4) is 22.8 Å². The molecule has 1 aromatic heterocycles. The van der Waals surface area contributed by atoms with Gasteiger partial charge in [-0.25, -0.2) is 0 Å². The van der Waals surface area contributed by atoms with E-state index < -0.39 is 11.7 Å². The van der Waals surface area contributed by atoms with Crippen molar-refractivity contribution < 1.29 is 22.8 Å². The number of alkyl halides is 3. The number of quaternary nitrogens is 1. The van der Waals surface area contributed by atoms with Gasteiger partial charge in [-0.2, -0.15) is 17.9 Å². The summed E-state index contributed by atoms with van der Waals surface area (Å²) >= 11 is 5.77. The molecule has 1 unspecified atom stereocenters. The molecule has 3 aromatic carbocycles. The number of nitrogens with zero attached hydrogens (tertiary/aromatic N) is 3. The molecule has 9 heteroatoms. The molecule has 0 spiro atoms. The first-order valence-electron chi connectivity index (χ1n) is 11.3. The van der Waals surface area contributed by atoms with Gasteiger partial charge in [-0.15, -0.1) is 5.10 Å². The molecule has 0 bridgehead atoms. The lowest BCUT2D eigenvalue weighted by molar-refractivity contribution is -0.939. The monoisotopic (exact) mass is 497 g/mol. The third-order valence-corrected chi connectivity index (χ3v) is 6.69. The van der Waals surface area contributed by atoms with E-state index in [1.165, 1.54) is 22.1 Å². The average Bonchev–Trinajstić information content (AvgIpc) is 3.19. The molecule has 5 rings (SSSR count). The second kappa shape index (κ2) is 9.31. The van der Waals surface area contributed by atoms with Gasteiger partial charge in [-0.1, -0.05) is 30.3 Å². The summed E-state index contributed by atoms with van der Waals surface area (Å²) < 4.78 is 49.3. The molecule has 0 radical (unpaired) electrons. The summed E-state index contributed by atoms with van der Waals surface area (Å²) in [6.45, 7) is 2.28. The lowest BCUT2D eigenvalue weighted by Crippen LogP contribution is -3.11. The summed E-state index contributed by atoms with van der Waals surface area (Å²) in [6.07, 6.45) is -3.50. The summed E-state index contributed by atoms with van der Waals surface area (Å²) in [5.74, 6) is 1.16. The van der Waals surface area contributed by atoms with Gasteiger partial charge in [0, 0.05) is 17.5 Å². The zero-order valence-electron chi connectivity index (χ0n) is 19.0. The molecular formula is C26H24F3N4OS+. The maximum atomic E-state index is 13.5. The Balaban J connectivity index is 1.57. The smallest absolute Gasteiger partial charge is 0.416 e. The van der Waals surface area contributed by atoms with E-state index in [1.807, 2.05) is 18.2 Å². The van der Waals surface area contributed by atoms with E-state index in [-0.39, 0.29) is 0 Å². The van der Waals surface area contributed by atoms with Gasteiger partial charge in [-0.3, -0.25) is 4.57 Å². The Kier molecular flexibility index (Phi) is 6.21. The van der Waals surface area contributed by atoms with Crippen molar-refractivity contribution in [3.63, 3.8) is 0 Å². The minimum atomic E-state index is -4.46. The summed E-state index contributed by atoms with van der Waals surface area (Å²) in [7, 11) is 1.58. The van der Waals surface area contributed by atoms with Crippen LogP contribution in [-0.4, -0.2) is 28.0 Å². The Labute approximate surface area is 206 Å². The van der Waals surface area contributed by atoms with E-state index in [4.69, 9.17) is 22.1 Å². The number of rotatable bonds is 5. The van der Waals surface area contributed by atoms with Gasteiger partial charge >= 0.3 is 6.18 Å². The number of hydrogen-bond donors (Lipinski definition) is 1. The summed E-state index contributed by atoms with van der Waals surface area (Å²) in [6, 6.07) is 20.8. The molecule has 1 aliphatic heterocycles. The fourth-order valence-electron chi connectivity index (χ4n) is 4.48. The number of fused-ring (bicyclic) bond motifs is 1. The van der Waals surface area contributed by atoms with Crippen molar-refractivity contribution in [2.75, 3.05) is 13.7 Å². The molecule has 0 saturated carbocycles. The molecule has 0 aliphatic carbocycles. The molecule has 1 aliphatic rings. The zero-order valence-corrected chi connectivity index (χ0v) is 19.9. The zero-order chi connectivity index (χ0) is 24.6. The van der Waals surface area contributed by atoms with Crippen molar-refractivity contribution in [1.29, 1.82) is 0 Å². The summed E-state index contributed by atoms with van der Waals surface area (Å²) in [5, 5.41) is 4.79. The first kappa shape index (κ1) is 23.3. The minimum Gasteiger partial charge on any atom is -0.497 e. The number of hydrogen-bond acceptors (Lipinski definition) is 3. The average molecular weight is 498 g/mol. The van der Waals surface area contributed by atoms with Crippen LogP contribution in [0, 0.1) is 4.77 Å². The lowest BCUT2D eigenvalue weighted by atomic mass is 10.0. The highest BCUT2D eigenvalue weighted by Crippen LogP contribution is 2.32. The molecule has 35 heavy (non-hydrogen) atoms. The maximum Gasteiger partial charge on any atom is 0.416 e. The third-order valence-electron chi connectivity index (χ3n) is 6.30. The largest absolute Gasteiger partial charge is 0.497 e. The van der Waals surface area contributed by atoms with Crippen LogP contribution in [0.25, 0.3) is 17.1 Å². The fraction of sp³-hybridized carbons (Fsp3) is 0.231. The van der Waals surface area contributed by atoms with E-state index in [2.05, 4.69) is 18.2 Å². The molecule has 4 aromatic rings. The molecular weight excluding hydrogens is 473 g/mol. The second-order valence-corrected chi connectivity index (χ2v) is 8.94. The van der Waals surface area contributed by atoms with E-state index in [0.29, 0.717) is 28.7 Å². The Morgan fingerprint density at radius 2 is 1.74 bits per heavy atom. The van der Waals surface area contributed by atoms with Gasteiger partial charge in [0.25, 0.3) is 0 Å². The van der Waals surface area contributed by atoms with Crippen molar-refractivity contribution in [2.45, 2.75) is 25.8 Å². The molecule has 5 nitrogen and oxygen atoms in total. The standard InChI is InChI=1S/C26H23F3N4OS/c1-34-23-11-9-19(10-12-23)24-30-32(17-31-14-13-18-5-2-3-6-20(18)16-31)25(35)33(24)22-8-4-7-21(15-22)26(27,28)29/h2-12,15H,13-14,16-17H2,1H3/p+1. The van der Waals surface area contributed by atoms with Crippen LogP contribution in [0.4, 0.5) is 13.2 Å². The van der Waals surface area contributed by atoms with Gasteiger partial charge in [0.15, 0.2) is 12.5 Å². The number of halogens is 3. The molecule has 2 heterocycles. The van der Waals surface area contributed by atoms with Crippen molar-refractivity contribution in [3.05, 3.63) is 94.3 Å². The van der Waals surface area contributed by atoms with Crippen LogP contribution in [-0.2, 0) is 25.8 Å². The Morgan fingerprint density at radius 1 is 1.00 bits per heavy atom. The van der Waals surface area contributed by atoms with Crippen LogP contribution in [0.15, 0.2) is 72.8 Å². The van der Waals surface area contributed by atoms with Gasteiger partial charge in [0.05, 0.1) is 24.9 Å². The van der Waals surface area contributed by atoms with Gasteiger partial charge in [0.2, 0.25) is 4.77 Å². The molecule has 180 valence electrons. The highest BCUT2D eigenvalue weighted by atomic mass is 32.1. The van der Waals surface area contributed by atoms with Gasteiger partial charge < -0.3 is 9.64 Å². The number of methoxy groups -OCH3 is 1. The Hall–Kier alpha value is -3.43. The van der Waals surface area contributed by atoms with Crippen LogP contribution in [0.2, 0.25) is 0 Å². The van der Waals surface area contributed by atoms with Crippen LogP contribution in [0.5, 0.6) is 5.75 Å². The quantitative estimate of drug-likeness (QED) is 0.407. The van der Waals surface area contributed by atoms with Crippen molar-refractivity contribution in [1.82, 2.24) is 14.3 Å². The SMILES string of the molecule is COc1ccc(-c2nn(C[NH+]3CCc4ccccc4C3)c(=S)n2-c2cccc(C(F)(F)F)c2)cc1. The normalized spacial score (nSPS) is 15.6. The first-order valence-corrected chi connectivity index (χ1v) is 11.7. The predicted molar refractivity (Wildman–Crippen MR) is 129 cm³/mol. The highest BCUT2D eigenvalue weighted by Gasteiger charge is 2.31.